The Morgan fingerprint density at radius 2 is 1.93 bits per heavy atom. The van der Waals surface area contributed by atoms with Crippen molar-refractivity contribution in [3.63, 3.8) is 0 Å². The Labute approximate surface area is 90.7 Å². The summed E-state index contributed by atoms with van der Waals surface area (Å²) in [6.45, 7) is 1.41. The molecule has 0 amide bonds. The zero-order chi connectivity index (χ0) is 10.7. The van der Waals surface area contributed by atoms with Gasteiger partial charge in [0.2, 0.25) is 0 Å². The van der Waals surface area contributed by atoms with Crippen molar-refractivity contribution in [3.05, 3.63) is 0 Å². The van der Waals surface area contributed by atoms with E-state index in [1.54, 1.807) is 0 Å². The minimum atomic E-state index is -2.87. The van der Waals surface area contributed by atoms with Gasteiger partial charge in [-0.1, -0.05) is 0 Å². The fourth-order valence-corrected chi connectivity index (χ4v) is 2.86. The standard InChI is InChI=1S/C9H17ClO3S/c1-14(11,12)7-4-9(8-10)2-5-13-6-3-9/h2-8H2,1H3. The molecule has 0 N–H and O–H groups in total. The summed E-state index contributed by atoms with van der Waals surface area (Å²) in [5.74, 6) is 0.769. The summed E-state index contributed by atoms with van der Waals surface area (Å²) in [6, 6.07) is 0. The first kappa shape index (κ1) is 12.3. The van der Waals surface area contributed by atoms with Crippen molar-refractivity contribution in [1.29, 1.82) is 0 Å². The Morgan fingerprint density at radius 1 is 1.36 bits per heavy atom. The SMILES string of the molecule is CS(=O)(=O)CCC1(CCl)CCOCC1. The quantitative estimate of drug-likeness (QED) is 0.699. The van der Waals surface area contributed by atoms with Gasteiger partial charge in [-0.15, -0.1) is 11.6 Å². The first-order valence-electron chi connectivity index (χ1n) is 4.79. The van der Waals surface area contributed by atoms with Crippen molar-refractivity contribution in [2.24, 2.45) is 5.41 Å². The molecule has 0 aromatic heterocycles. The van der Waals surface area contributed by atoms with E-state index in [0.717, 1.165) is 12.8 Å². The molecule has 5 heteroatoms. The van der Waals surface area contributed by atoms with Crippen LogP contribution in [-0.2, 0) is 14.6 Å². The van der Waals surface area contributed by atoms with Crippen molar-refractivity contribution in [3.8, 4) is 0 Å². The number of hydrogen-bond donors (Lipinski definition) is 0. The Morgan fingerprint density at radius 3 is 2.36 bits per heavy atom. The summed E-state index contributed by atoms with van der Waals surface area (Å²) in [5, 5.41) is 0. The van der Waals surface area contributed by atoms with E-state index in [1.165, 1.54) is 6.26 Å². The van der Waals surface area contributed by atoms with Crippen molar-refractivity contribution in [1.82, 2.24) is 0 Å². The summed E-state index contributed by atoms with van der Waals surface area (Å²) in [4.78, 5) is 0. The molecule has 0 atom stereocenters. The predicted octanol–water partition coefficient (Wildman–Crippen LogP) is 1.46. The minimum Gasteiger partial charge on any atom is -0.381 e. The normalized spacial score (nSPS) is 22.1. The van der Waals surface area contributed by atoms with E-state index in [2.05, 4.69) is 0 Å². The van der Waals surface area contributed by atoms with E-state index in [-0.39, 0.29) is 11.2 Å². The lowest BCUT2D eigenvalue weighted by Gasteiger charge is -2.35. The molecule has 14 heavy (non-hydrogen) atoms. The molecule has 0 aliphatic carbocycles. The number of rotatable bonds is 4. The molecule has 1 aliphatic heterocycles. The average molecular weight is 241 g/mol. The number of ether oxygens (including phenoxy) is 1. The highest BCUT2D eigenvalue weighted by atomic mass is 35.5. The molecule has 0 bridgehead atoms. The topological polar surface area (TPSA) is 43.4 Å². The maximum atomic E-state index is 11.1. The molecule has 1 rings (SSSR count). The molecule has 1 saturated heterocycles. The summed E-state index contributed by atoms with van der Waals surface area (Å²) in [6.07, 6.45) is 3.70. The largest absolute Gasteiger partial charge is 0.381 e. The molecule has 0 saturated carbocycles. The van der Waals surface area contributed by atoms with Crippen molar-refractivity contribution in [2.45, 2.75) is 19.3 Å². The lowest BCUT2D eigenvalue weighted by molar-refractivity contribution is 0.0242. The molecule has 0 unspecified atom stereocenters. The summed E-state index contributed by atoms with van der Waals surface area (Å²) in [7, 11) is -2.87. The molecule has 3 nitrogen and oxygen atoms in total. The molecular formula is C9H17ClO3S. The molecule has 1 fully saturated rings. The minimum absolute atomic E-state index is 0.0110. The van der Waals surface area contributed by atoms with E-state index in [0.29, 0.717) is 25.5 Å². The van der Waals surface area contributed by atoms with Crippen LogP contribution in [0.1, 0.15) is 19.3 Å². The monoisotopic (exact) mass is 240 g/mol. The molecule has 1 aliphatic rings. The number of alkyl halides is 1. The van der Waals surface area contributed by atoms with E-state index in [4.69, 9.17) is 16.3 Å². The maximum Gasteiger partial charge on any atom is 0.147 e. The van der Waals surface area contributed by atoms with Gasteiger partial charge in [0.15, 0.2) is 0 Å². The van der Waals surface area contributed by atoms with Gasteiger partial charge in [0.1, 0.15) is 9.84 Å². The second-order valence-corrected chi connectivity index (χ2v) is 6.65. The summed E-state index contributed by atoms with van der Waals surface area (Å²) in [5.41, 5.74) is -0.0110. The van der Waals surface area contributed by atoms with Crippen LogP contribution in [0.5, 0.6) is 0 Å². The predicted molar refractivity (Wildman–Crippen MR) is 57.5 cm³/mol. The zero-order valence-corrected chi connectivity index (χ0v) is 10.0. The summed E-state index contributed by atoms with van der Waals surface area (Å²) < 4.78 is 27.4. The van der Waals surface area contributed by atoms with Gasteiger partial charge in [0, 0.05) is 25.3 Å². The second-order valence-electron chi connectivity index (χ2n) is 4.13. The van der Waals surface area contributed by atoms with Gasteiger partial charge in [0.05, 0.1) is 5.75 Å². The molecule has 84 valence electrons. The van der Waals surface area contributed by atoms with Gasteiger partial charge in [-0.05, 0) is 24.7 Å². The van der Waals surface area contributed by atoms with Crippen LogP contribution < -0.4 is 0 Å². The van der Waals surface area contributed by atoms with Gasteiger partial charge >= 0.3 is 0 Å². The molecule has 0 radical (unpaired) electrons. The van der Waals surface area contributed by atoms with Gasteiger partial charge < -0.3 is 4.74 Å². The Hall–Kier alpha value is 0.200. The fraction of sp³-hybridized carbons (Fsp3) is 1.00. The highest BCUT2D eigenvalue weighted by Gasteiger charge is 2.32. The maximum absolute atomic E-state index is 11.1. The first-order chi connectivity index (χ1) is 6.47. The van der Waals surface area contributed by atoms with Crippen LogP contribution in [0, 0.1) is 5.41 Å². The third-order valence-corrected chi connectivity index (χ3v) is 4.35. The Kier molecular flexibility index (Phi) is 4.22. The molecule has 0 aromatic carbocycles. The zero-order valence-electron chi connectivity index (χ0n) is 8.46. The smallest absolute Gasteiger partial charge is 0.147 e. The number of halogens is 1. The number of sulfone groups is 1. The van der Waals surface area contributed by atoms with Crippen LogP contribution in [0.25, 0.3) is 0 Å². The summed E-state index contributed by atoms with van der Waals surface area (Å²) >= 11 is 5.92. The lowest BCUT2D eigenvalue weighted by Crippen LogP contribution is -2.33. The highest BCUT2D eigenvalue weighted by molar-refractivity contribution is 7.90. The van der Waals surface area contributed by atoms with Crippen molar-refractivity contribution >= 4 is 21.4 Å². The van der Waals surface area contributed by atoms with Crippen molar-refractivity contribution in [2.75, 3.05) is 31.1 Å². The van der Waals surface area contributed by atoms with Gasteiger partial charge in [0.25, 0.3) is 0 Å². The van der Waals surface area contributed by atoms with Crippen molar-refractivity contribution < 1.29 is 13.2 Å². The molecule has 1 heterocycles. The highest BCUT2D eigenvalue weighted by Crippen LogP contribution is 2.35. The Balaban J connectivity index is 2.52. The lowest BCUT2D eigenvalue weighted by atomic mass is 9.80. The average Bonchev–Trinajstić information content (AvgIpc) is 2.15. The van der Waals surface area contributed by atoms with E-state index < -0.39 is 9.84 Å². The third-order valence-electron chi connectivity index (χ3n) is 2.84. The molecule has 0 aromatic rings. The molecular weight excluding hydrogens is 224 g/mol. The van der Waals surface area contributed by atoms with Crippen LogP contribution in [0.15, 0.2) is 0 Å². The number of hydrogen-bond acceptors (Lipinski definition) is 3. The van der Waals surface area contributed by atoms with Gasteiger partial charge in [-0.2, -0.15) is 0 Å². The van der Waals surface area contributed by atoms with Gasteiger partial charge in [-0.3, -0.25) is 0 Å². The van der Waals surface area contributed by atoms with E-state index in [1.807, 2.05) is 0 Å². The van der Waals surface area contributed by atoms with Crippen LogP contribution in [0.4, 0.5) is 0 Å². The molecule has 0 spiro atoms. The fourth-order valence-electron chi connectivity index (χ4n) is 1.66. The van der Waals surface area contributed by atoms with E-state index in [9.17, 15) is 8.42 Å². The van der Waals surface area contributed by atoms with Crippen LogP contribution in [0.3, 0.4) is 0 Å². The first-order valence-corrected chi connectivity index (χ1v) is 7.38. The van der Waals surface area contributed by atoms with Crippen LogP contribution in [-0.4, -0.2) is 39.5 Å². The van der Waals surface area contributed by atoms with Gasteiger partial charge in [-0.25, -0.2) is 8.42 Å². The van der Waals surface area contributed by atoms with Crippen LogP contribution >= 0.6 is 11.6 Å². The van der Waals surface area contributed by atoms with Crippen LogP contribution in [0.2, 0.25) is 0 Å². The van der Waals surface area contributed by atoms with E-state index >= 15 is 0 Å². The second kappa shape index (κ2) is 4.81. The third kappa shape index (κ3) is 3.75. The Bertz CT molecular complexity index is 268.